The molecule has 4 N–H and O–H groups in total. The molecule has 0 unspecified atom stereocenters. The Morgan fingerprint density at radius 3 is 2.59 bits per heavy atom. The van der Waals surface area contributed by atoms with Gasteiger partial charge in [0.15, 0.2) is 0 Å². The minimum atomic E-state index is -2.58. The molecule has 0 radical (unpaired) electrons. The lowest BCUT2D eigenvalue weighted by Gasteiger charge is -2.28. The number of nitrogens with zero attached hydrogens (tertiary/aromatic N) is 2. The molecule has 0 amide bonds. The van der Waals surface area contributed by atoms with E-state index in [4.69, 9.17) is 28.8 Å². The zero-order valence-corrected chi connectivity index (χ0v) is 15.5. The zero-order valence-electron chi connectivity index (χ0n) is 14.7. The maximum atomic E-state index is 13.6. The molecule has 0 atom stereocenters. The van der Waals surface area contributed by atoms with Crippen LogP contribution in [0.3, 0.4) is 0 Å². The quantitative estimate of drug-likeness (QED) is 0.507. The van der Waals surface area contributed by atoms with Crippen LogP contribution in [0.15, 0.2) is 42.5 Å². The van der Waals surface area contributed by atoms with Crippen molar-refractivity contribution >= 4 is 33.8 Å². The smallest absolute Gasteiger partial charge is 0.248 e. The molecule has 4 rings (SSSR count). The highest BCUT2D eigenvalue weighted by Gasteiger charge is 2.36. The average Bonchev–Trinajstić information content (AvgIpc) is 3.00. The summed E-state index contributed by atoms with van der Waals surface area (Å²) in [6, 6.07) is 13.1. The molecule has 1 aliphatic carbocycles. The summed E-state index contributed by atoms with van der Waals surface area (Å²) in [5.74, 6) is -2.58. The predicted molar refractivity (Wildman–Crippen MR) is 108 cm³/mol. The molecule has 1 saturated carbocycles. The van der Waals surface area contributed by atoms with E-state index >= 15 is 0 Å². The van der Waals surface area contributed by atoms with Crippen molar-refractivity contribution in [1.29, 1.82) is 0 Å². The lowest BCUT2D eigenvalue weighted by Crippen LogP contribution is -2.26. The first-order valence-electron chi connectivity index (χ1n) is 8.90. The van der Waals surface area contributed by atoms with Gasteiger partial charge in [0.1, 0.15) is 10.7 Å². The SMILES string of the molecule is NC(=S)c1cccc(-c2nn(C3CCC(F)(F)CC3)c3cc(N)ccc23)c1. The van der Waals surface area contributed by atoms with Crippen molar-refractivity contribution in [3.05, 3.63) is 48.0 Å². The van der Waals surface area contributed by atoms with Crippen LogP contribution in [-0.4, -0.2) is 20.7 Å². The Balaban J connectivity index is 1.83. The number of benzene rings is 2. The summed E-state index contributed by atoms with van der Waals surface area (Å²) >= 11 is 5.08. The molecular weight excluding hydrogens is 366 g/mol. The van der Waals surface area contributed by atoms with Gasteiger partial charge in [-0.05, 0) is 37.1 Å². The van der Waals surface area contributed by atoms with Gasteiger partial charge in [0.2, 0.25) is 5.92 Å². The van der Waals surface area contributed by atoms with Crippen LogP contribution < -0.4 is 11.5 Å². The van der Waals surface area contributed by atoms with Gasteiger partial charge in [-0.1, -0.05) is 30.4 Å². The molecule has 4 nitrogen and oxygen atoms in total. The summed E-state index contributed by atoms with van der Waals surface area (Å²) in [5, 5.41) is 5.74. The number of nitrogen functional groups attached to an aromatic ring is 1. The molecular formula is C20H20F2N4S. The maximum absolute atomic E-state index is 13.6. The Morgan fingerprint density at radius 2 is 1.89 bits per heavy atom. The van der Waals surface area contributed by atoms with Gasteiger partial charge in [-0.25, -0.2) is 8.78 Å². The molecule has 27 heavy (non-hydrogen) atoms. The third kappa shape index (κ3) is 3.39. The largest absolute Gasteiger partial charge is 0.399 e. The molecule has 1 fully saturated rings. The molecule has 3 aromatic rings. The lowest BCUT2D eigenvalue weighted by atomic mass is 9.92. The summed E-state index contributed by atoms with van der Waals surface area (Å²) in [4.78, 5) is 0.319. The second-order valence-electron chi connectivity index (χ2n) is 7.10. The molecule has 1 aromatic heterocycles. The molecule has 2 aromatic carbocycles. The van der Waals surface area contributed by atoms with E-state index in [-0.39, 0.29) is 18.9 Å². The monoisotopic (exact) mass is 386 g/mol. The van der Waals surface area contributed by atoms with Crippen LogP contribution in [-0.2, 0) is 0 Å². The number of anilines is 1. The number of hydrogen-bond donors (Lipinski definition) is 2. The molecule has 0 spiro atoms. The van der Waals surface area contributed by atoms with Gasteiger partial charge in [0.05, 0.1) is 11.6 Å². The molecule has 0 aliphatic heterocycles. The number of alkyl halides is 2. The van der Waals surface area contributed by atoms with Gasteiger partial charge >= 0.3 is 0 Å². The molecule has 7 heteroatoms. The minimum absolute atomic E-state index is 0.0681. The normalized spacial score (nSPS) is 17.3. The maximum Gasteiger partial charge on any atom is 0.248 e. The van der Waals surface area contributed by atoms with Gasteiger partial charge in [-0.2, -0.15) is 5.10 Å². The van der Waals surface area contributed by atoms with E-state index in [2.05, 4.69) is 0 Å². The molecule has 0 saturated heterocycles. The van der Waals surface area contributed by atoms with Gasteiger partial charge < -0.3 is 11.5 Å². The van der Waals surface area contributed by atoms with Crippen LogP contribution in [0.25, 0.3) is 22.2 Å². The van der Waals surface area contributed by atoms with Gasteiger partial charge in [0, 0.05) is 35.0 Å². The second kappa shape index (κ2) is 6.56. The van der Waals surface area contributed by atoms with E-state index in [1.807, 2.05) is 47.1 Å². The highest BCUT2D eigenvalue weighted by Crippen LogP contribution is 2.41. The first-order valence-corrected chi connectivity index (χ1v) is 9.31. The highest BCUT2D eigenvalue weighted by atomic mass is 32.1. The van der Waals surface area contributed by atoms with Crippen LogP contribution in [0.4, 0.5) is 14.5 Å². The van der Waals surface area contributed by atoms with E-state index in [0.717, 1.165) is 27.7 Å². The van der Waals surface area contributed by atoms with Crippen molar-refractivity contribution in [2.75, 3.05) is 5.73 Å². The van der Waals surface area contributed by atoms with Gasteiger partial charge in [-0.3, -0.25) is 4.68 Å². The Kier molecular flexibility index (Phi) is 4.34. The van der Waals surface area contributed by atoms with Gasteiger partial charge in [0.25, 0.3) is 0 Å². The van der Waals surface area contributed by atoms with Crippen LogP contribution in [0, 0.1) is 0 Å². The summed E-state index contributed by atoms with van der Waals surface area (Å²) in [5.41, 5.74) is 15.6. The Morgan fingerprint density at radius 1 is 1.15 bits per heavy atom. The molecule has 1 aliphatic rings. The third-order valence-electron chi connectivity index (χ3n) is 5.18. The van der Waals surface area contributed by atoms with Crippen LogP contribution in [0.2, 0.25) is 0 Å². The number of aromatic nitrogens is 2. The number of thiocarbonyl (C=S) groups is 1. The first-order chi connectivity index (χ1) is 12.8. The number of nitrogens with two attached hydrogens (primary N) is 2. The predicted octanol–water partition coefficient (Wildman–Crippen LogP) is 4.67. The summed E-state index contributed by atoms with van der Waals surface area (Å²) in [7, 11) is 0. The van der Waals surface area contributed by atoms with Crippen molar-refractivity contribution < 1.29 is 8.78 Å². The fraction of sp³-hybridized carbons (Fsp3) is 0.300. The summed E-state index contributed by atoms with van der Waals surface area (Å²) in [6.07, 6.45) is 0.553. The van der Waals surface area contributed by atoms with E-state index in [1.54, 1.807) is 0 Å². The van der Waals surface area contributed by atoms with E-state index in [9.17, 15) is 8.78 Å². The number of halogens is 2. The van der Waals surface area contributed by atoms with Gasteiger partial charge in [-0.15, -0.1) is 0 Å². The fourth-order valence-electron chi connectivity index (χ4n) is 3.73. The first kappa shape index (κ1) is 17.9. The van der Waals surface area contributed by atoms with E-state index in [1.165, 1.54) is 0 Å². The van der Waals surface area contributed by atoms with Crippen molar-refractivity contribution in [1.82, 2.24) is 9.78 Å². The van der Waals surface area contributed by atoms with Crippen molar-refractivity contribution in [2.45, 2.75) is 37.6 Å². The Hall–Kier alpha value is -2.54. The van der Waals surface area contributed by atoms with Crippen LogP contribution in [0.1, 0.15) is 37.3 Å². The number of hydrogen-bond acceptors (Lipinski definition) is 3. The van der Waals surface area contributed by atoms with Crippen LogP contribution >= 0.6 is 12.2 Å². The number of fused-ring (bicyclic) bond motifs is 1. The topological polar surface area (TPSA) is 69.9 Å². The average molecular weight is 386 g/mol. The van der Waals surface area contributed by atoms with E-state index < -0.39 is 5.92 Å². The fourth-order valence-corrected chi connectivity index (χ4v) is 3.86. The van der Waals surface area contributed by atoms with Crippen molar-refractivity contribution in [3.63, 3.8) is 0 Å². The Labute approximate surface area is 161 Å². The second-order valence-corrected chi connectivity index (χ2v) is 7.54. The molecule has 0 bridgehead atoms. The minimum Gasteiger partial charge on any atom is -0.399 e. The zero-order chi connectivity index (χ0) is 19.2. The Bertz CT molecular complexity index is 1020. The molecule has 1 heterocycles. The summed E-state index contributed by atoms with van der Waals surface area (Å²) in [6.45, 7) is 0. The van der Waals surface area contributed by atoms with Crippen molar-refractivity contribution in [2.24, 2.45) is 5.73 Å². The highest BCUT2D eigenvalue weighted by molar-refractivity contribution is 7.80. The molecule has 140 valence electrons. The summed E-state index contributed by atoms with van der Waals surface area (Å²) < 4.78 is 29.0. The van der Waals surface area contributed by atoms with E-state index in [0.29, 0.717) is 23.5 Å². The van der Waals surface area contributed by atoms with Crippen molar-refractivity contribution in [3.8, 4) is 11.3 Å². The van der Waals surface area contributed by atoms with Crippen LogP contribution in [0.5, 0.6) is 0 Å². The third-order valence-corrected chi connectivity index (χ3v) is 5.42. The lowest BCUT2D eigenvalue weighted by molar-refractivity contribution is -0.0445. The standard InChI is InChI=1S/C20H20F2N4S/c21-20(22)8-6-15(7-9-20)26-17-11-14(23)4-5-16(17)18(25-26)12-2-1-3-13(10-12)19(24)27/h1-5,10-11,15H,6-9,23H2,(H2,24,27). The number of rotatable bonds is 3.